The van der Waals surface area contributed by atoms with Crippen LogP contribution >= 0.6 is 0 Å². The standard InChI is InChI=1S/C25H22/c1-16(2)25-23(21-12-11-17-7-3-5-9-19(17)21)14-13-22-20-10-6-4-8-18(20)15-24(22)25/h3-14,16,21H,15H2,1-2H3. The summed E-state index contributed by atoms with van der Waals surface area (Å²) in [7, 11) is 0. The van der Waals surface area contributed by atoms with Crippen molar-refractivity contribution in [1.82, 2.24) is 0 Å². The molecule has 0 nitrogen and oxygen atoms in total. The van der Waals surface area contributed by atoms with Crippen LogP contribution in [0, 0.1) is 0 Å². The summed E-state index contributed by atoms with van der Waals surface area (Å²) in [6, 6.07) is 22.4. The first-order valence-corrected chi connectivity index (χ1v) is 9.25. The second-order valence-corrected chi connectivity index (χ2v) is 7.55. The van der Waals surface area contributed by atoms with E-state index in [-0.39, 0.29) is 0 Å². The molecule has 122 valence electrons. The Morgan fingerprint density at radius 3 is 2.48 bits per heavy atom. The Bertz CT molecular complexity index is 1000. The molecule has 0 heterocycles. The van der Waals surface area contributed by atoms with E-state index in [1.807, 2.05) is 0 Å². The topological polar surface area (TPSA) is 0 Å². The molecule has 5 rings (SSSR count). The molecule has 0 heteroatoms. The van der Waals surface area contributed by atoms with Crippen molar-refractivity contribution in [3.05, 3.63) is 100 Å². The van der Waals surface area contributed by atoms with Crippen molar-refractivity contribution in [2.45, 2.75) is 32.1 Å². The fourth-order valence-corrected chi connectivity index (χ4v) is 4.73. The summed E-state index contributed by atoms with van der Waals surface area (Å²) < 4.78 is 0. The first-order valence-electron chi connectivity index (χ1n) is 9.25. The van der Waals surface area contributed by atoms with Crippen LogP contribution in [0.15, 0.2) is 66.7 Å². The monoisotopic (exact) mass is 322 g/mol. The minimum absolute atomic E-state index is 0.391. The van der Waals surface area contributed by atoms with E-state index in [1.54, 1.807) is 11.1 Å². The molecule has 0 aliphatic heterocycles. The lowest BCUT2D eigenvalue weighted by atomic mass is 9.82. The summed E-state index contributed by atoms with van der Waals surface area (Å²) >= 11 is 0. The normalized spacial score (nSPS) is 16.8. The Morgan fingerprint density at radius 1 is 0.800 bits per heavy atom. The number of fused-ring (bicyclic) bond motifs is 4. The van der Waals surface area contributed by atoms with E-state index >= 15 is 0 Å². The van der Waals surface area contributed by atoms with E-state index in [0.717, 1.165) is 6.42 Å². The molecular formula is C25H22. The van der Waals surface area contributed by atoms with Crippen LogP contribution in [0.25, 0.3) is 17.2 Å². The maximum Gasteiger partial charge on any atom is 0.0281 e. The SMILES string of the molecule is CC(C)c1c(C2C=Cc3ccccc32)ccc2c1Cc1ccccc1-2. The lowest BCUT2D eigenvalue weighted by Crippen LogP contribution is -2.06. The lowest BCUT2D eigenvalue weighted by molar-refractivity contribution is 0.822. The maximum absolute atomic E-state index is 2.38. The molecule has 0 saturated carbocycles. The Morgan fingerprint density at radius 2 is 1.60 bits per heavy atom. The number of allylic oxidation sites excluding steroid dienone is 1. The van der Waals surface area contributed by atoms with Gasteiger partial charge in [0, 0.05) is 5.92 Å². The van der Waals surface area contributed by atoms with Crippen molar-refractivity contribution < 1.29 is 0 Å². The minimum atomic E-state index is 0.391. The smallest absolute Gasteiger partial charge is 0.0281 e. The Labute approximate surface area is 149 Å². The van der Waals surface area contributed by atoms with E-state index in [4.69, 9.17) is 0 Å². The predicted molar refractivity (Wildman–Crippen MR) is 106 cm³/mol. The van der Waals surface area contributed by atoms with Gasteiger partial charge in [0.05, 0.1) is 0 Å². The lowest BCUT2D eigenvalue weighted by Gasteiger charge is -2.22. The third-order valence-corrected chi connectivity index (χ3v) is 5.78. The molecule has 2 aliphatic rings. The first kappa shape index (κ1) is 14.7. The van der Waals surface area contributed by atoms with E-state index in [0.29, 0.717) is 11.8 Å². The van der Waals surface area contributed by atoms with Crippen molar-refractivity contribution in [2.24, 2.45) is 0 Å². The highest BCUT2D eigenvalue weighted by atomic mass is 14.3. The van der Waals surface area contributed by atoms with E-state index in [2.05, 4.69) is 86.7 Å². The van der Waals surface area contributed by atoms with Gasteiger partial charge in [-0.2, -0.15) is 0 Å². The van der Waals surface area contributed by atoms with Crippen LogP contribution in [-0.2, 0) is 6.42 Å². The van der Waals surface area contributed by atoms with Crippen molar-refractivity contribution >= 4 is 6.08 Å². The molecule has 25 heavy (non-hydrogen) atoms. The van der Waals surface area contributed by atoms with Gasteiger partial charge in [-0.1, -0.05) is 86.7 Å². The second kappa shape index (κ2) is 5.46. The van der Waals surface area contributed by atoms with Gasteiger partial charge < -0.3 is 0 Å². The summed E-state index contributed by atoms with van der Waals surface area (Å²) in [6.45, 7) is 4.68. The highest BCUT2D eigenvalue weighted by molar-refractivity contribution is 5.79. The molecule has 0 spiro atoms. The van der Waals surface area contributed by atoms with Crippen LogP contribution in [0.2, 0.25) is 0 Å². The third kappa shape index (κ3) is 2.14. The Balaban J connectivity index is 1.71. The minimum Gasteiger partial charge on any atom is -0.0720 e. The fraction of sp³-hybridized carbons (Fsp3) is 0.200. The van der Waals surface area contributed by atoms with Crippen LogP contribution in [0.3, 0.4) is 0 Å². The zero-order valence-corrected chi connectivity index (χ0v) is 14.8. The molecule has 0 aromatic heterocycles. The van der Waals surface area contributed by atoms with E-state index in [9.17, 15) is 0 Å². The van der Waals surface area contributed by atoms with Gasteiger partial charge in [-0.15, -0.1) is 0 Å². The summed E-state index contributed by atoms with van der Waals surface area (Å²) in [5.74, 6) is 0.919. The predicted octanol–water partition coefficient (Wildman–Crippen LogP) is 6.54. The van der Waals surface area contributed by atoms with Crippen LogP contribution in [0.5, 0.6) is 0 Å². The van der Waals surface area contributed by atoms with Gasteiger partial charge in [0.25, 0.3) is 0 Å². The molecule has 0 fully saturated rings. The van der Waals surface area contributed by atoms with Crippen molar-refractivity contribution in [1.29, 1.82) is 0 Å². The summed E-state index contributed by atoms with van der Waals surface area (Å²) in [4.78, 5) is 0. The quantitative estimate of drug-likeness (QED) is 0.393. The molecule has 3 aromatic rings. The van der Waals surface area contributed by atoms with Gasteiger partial charge in [0.2, 0.25) is 0 Å². The maximum atomic E-state index is 2.38. The first-order chi connectivity index (χ1) is 12.2. The van der Waals surface area contributed by atoms with Crippen LogP contribution < -0.4 is 0 Å². The van der Waals surface area contributed by atoms with Crippen LogP contribution in [0.4, 0.5) is 0 Å². The third-order valence-electron chi connectivity index (χ3n) is 5.78. The number of benzene rings is 3. The van der Waals surface area contributed by atoms with Gasteiger partial charge in [-0.05, 0) is 56.8 Å². The van der Waals surface area contributed by atoms with Crippen molar-refractivity contribution in [2.75, 3.05) is 0 Å². The number of hydrogen-bond donors (Lipinski definition) is 0. The Kier molecular flexibility index (Phi) is 3.21. The van der Waals surface area contributed by atoms with Gasteiger partial charge in [0.1, 0.15) is 0 Å². The van der Waals surface area contributed by atoms with Gasteiger partial charge in [0.15, 0.2) is 0 Å². The molecule has 0 N–H and O–H groups in total. The molecule has 3 aromatic carbocycles. The van der Waals surface area contributed by atoms with Gasteiger partial charge in [-0.3, -0.25) is 0 Å². The van der Waals surface area contributed by atoms with Crippen molar-refractivity contribution in [3.63, 3.8) is 0 Å². The molecular weight excluding hydrogens is 300 g/mol. The van der Waals surface area contributed by atoms with Crippen LogP contribution in [-0.4, -0.2) is 0 Å². The fourth-order valence-electron chi connectivity index (χ4n) is 4.73. The van der Waals surface area contributed by atoms with E-state index < -0.39 is 0 Å². The van der Waals surface area contributed by atoms with Gasteiger partial charge >= 0.3 is 0 Å². The average molecular weight is 322 g/mol. The van der Waals surface area contributed by atoms with Crippen molar-refractivity contribution in [3.8, 4) is 11.1 Å². The summed E-state index contributed by atoms with van der Waals surface area (Å²) in [6.07, 6.45) is 5.73. The van der Waals surface area contributed by atoms with Gasteiger partial charge in [-0.25, -0.2) is 0 Å². The largest absolute Gasteiger partial charge is 0.0720 e. The molecule has 1 atom stereocenters. The zero-order chi connectivity index (χ0) is 17.0. The van der Waals surface area contributed by atoms with Crippen LogP contribution in [0.1, 0.15) is 59.1 Å². The second-order valence-electron chi connectivity index (χ2n) is 7.55. The highest BCUT2D eigenvalue weighted by Crippen LogP contribution is 2.46. The highest BCUT2D eigenvalue weighted by Gasteiger charge is 2.28. The molecule has 0 saturated heterocycles. The summed E-state index contributed by atoms with van der Waals surface area (Å²) in [5.41, 5.74) is 11.7. The molecule has 0 radical (unpaired) electrons. The number of rotatable bonds is 2. The molecule has 0 amide bonds. The molecule has 2 aliphatic carbocycles. The average Bonchev–Trinajstić information content (AvgIpc) is 3.22. The summed E-state index contributed by atoms with van der Waals surface area (Å²) in [5, 5.41) is 0. The van der Waals surface area contributed by atoms with E-state index in [1.165, 1.54) is 33.4 Å². The molecule has 1 unspecified atom stereocenters. The molecule has 0 bridgehead atoms. The Hall–Kier alpha value is -2.60. The number of hydrogen-bond acceptors (Lipinski definition) is 0. The zero-order valence-electron chi connectivity index (χ0n) is 14.8.